The number of carbonyl (C=O) groups excluding carboxylic acids is 1. The molecule has 1 unspecified atom stereocenters. The molecule has 0 spiro atoms. The van der Waals surface area contributed by atoms with Crippen LogP contribution in [0.2, 0.25) is 0 Å². The summed E-state index contributed by atoms with van der Waals surface area (Å²) in [6.45, 7) is 6.48. The van der Waals surface area contributed by atoms with Crippen molar-refractivity contribution in [2.45, 2.75) is 33.2 Å². The lowest BCUT2D eigenvalue weighted by Crippen LogP contribution is -2.29. The second-order valence-electron chi connectivity index (χ2n) is 8.17. The number of aromatic nitrogens is 1. The Morgan fingerprint density at radius 2 is 1.94 bits per heavy atom. The minimum Gasteiger partial charge on any atom is -0.497 e. The Morgan fingerprint density at radius 1 is 1.12 bits per heavy atom. The average Bonchev–Trinajstić information content (AvgIpc) is 3.33. The second kappa shape index (κ2) is 8.61. The number of hydrogen-bond donors (Lipinski definition) is 0. The first-order chi connectivity index (χ1) is 16.4. The highest BCUT2D eigenvalue weighted by Crippen LogP contribution is 2.43. The molecule has 1 aliphatic heterocycles. The van der Waals surface area contributed by atoms with E-state index < -0.39 is 11.9 Å². The van der Waals surface area contributed by atoms with Gasteiger partial charge in [0.2, 0.25) is 5.76 Å². The van der Waals surface area contributed by atoms with Crippen LogP contribution < -0.4 is 19.8 Å². The summed E-state index contributed by atoms with van der Waals surface area (Å²) >= 11 is 1.42. The molecule has 3 heterocycles. The zero-order valence-electron chi connectivity index (χ0n) is 19.4. The summed E-state index contributed by atoms with van der Waals surface area (Å²) in [6.07, 6.45) is 0.873. The van der Waals surface area contributed by atoms with Gasteiger partial charge in [0.05, 0.1) is 36.4 Å². The van der Waals surface area contributed by atoms with Crippen molar-refractivity contribution in [1.29, 1.82) is 0 Å². The molecule has 0 radical (unpaired) electrons. The van der Waals surface area contributed by atoms with Gasteiger partial charge in [-0.25, -0.2) is 4.98 Å². The van der Waals surface area contributed by atoms with E-state index in [1.807, 2.05) is 45.0 Å². The molecule has 0 saturated carbocycles. The maximum atomic E-state index is 13.7. The molecule has 8 heteroatoms. The minimum absolute atomic E-state index is 0.0288. The summed E-state index contributed by atoms with van der Waals surface area (Å²) in [6, 6.07) is 11.8. The van der Waals surface area contributed by atoms with Crippen molar-refractivity contribution in [2.24, 2.45) is 0 Å². The summed E-state index contributed by atoms with van der Waals surface area (Å²) in [5.74, 6) is 0.861. The minimum atomic E-state index is -0.680. The molecule has 0 bridgehead atoms. The molecular formula is C26H24N2O5S. The van der Waals surface area contributed by atoms with E-state index >= 15 is 0 Å². The Labute approximate surface area is 200 Å². The van der Waals surface area contributed by atoms with E-state index in [9.17, 15) is 9.59 Å². The van der Waals surface area contributed by atoms with E-state index in [4.69, 9.17) is 13.9 Å². The van der Waals surface area contributed by atoms with E-state index in [-0.39, 0.29) is 11.2 Å². The van der Waals surface area contributed by atoms with Gasteiger partial charge >= 0.3 is 0 Å². The molecule has 174 valence electrons. The standard InChI is InChI=1S/C26H24N2O5S/c1-5-11-32-18-8-6-7-16(12-18)22-21-23(29)19-10-9-17(31-4)13-20(19)33-24(21)25(30)28(22)26-27-14(2)15(3)34-26/h6-10,12-13,22H,5,11H2,1-4H3. The molecule has 1 atom stereocenters. The van der Waals surface area contributed by atoms with Crippen LogP contribution in [-0.4, -0.2) is 24.6 Å². The van der Waals surface area contributed by atoms with Crippen molar-refractivity contribution >= 4 is 33.3 Å². The number of ether oxygens (including phenoxy) is 2. The number of carbonyl (C=O) groups is 1. The van der Waals surface area contributed by atoms with Gasteiger partial charge in [-0.2, -0.15) is 0 Å². The summed E-state index contributed by atoms with van der Waals surface area (Å²) in [7, 11) is 1.54. The van der Waals surface area contributed by atoms with Crippen LogP contribution in [-0.2, 0) is 0 Å². The molecule has 7 nitrogen and oxygen atoms in total. The van der Waals surface area contributed by atoms with Crippen LogP contribution in [0.1, 0.15) is 51.6 Å². The molecule has 4 aromatic rings. The molecule has 0 N–H and O–H groups in total. The normalized spacial score (nSPS) is 15.1. The first kappa shape index (κ1) is 22.2. The van der Waals surface area contributed by atoms with Gasteiger partial charge in [-0.05, 0) is 50.1 Å². The quantitative estimate of drug-likeness (QED) is 0.370. The molecule has 2 aromatic carbocycles. The molecular weight excluding hydrogens is 452 g/mol. The number of thiazole rings is 1. The molecule has 0 saturated heterocycles. The number of rotatable bonds is 6. The van der Waals surface area contributed by atoms with Crippen LogP contribution in [0.5, 0.6) is 11.5 Å². The zero-order valence-corrected chi connectivity index (χ0v) is 20.2. The first-order valence-electron chi connectivity index (χ1n) is 11.1. The smallest absolute Gasteiger partial charge is 0.297 e. The van der Waals surface area contributed by atoms with Crippen molar-refractivity contribution < 1.29 is 18.7 Å². The summed E-state index contributed by atoms with van der Waals surface area (Å²) in [5.41, 5.74) is 1.97. The third-order valence-corrected chi connectivity index (χ3v) is 7.02. The highest BCUT2D eigenvalue weighted by Gasteiger charge is 2.45. The maximum Gasteiger partial charge on any atom is 0.297 e. The van der Waals surface area contributed by atoms with E-state index in [1.165, 1.54) is 18.4 Å². The van der Waals surface area contributed by atoms with Crippen molar-refractivity contribution in [3.05, 3.63) is 80.1 Å². The number of benzene rings is 2. The van der Waals surface area contributed by atoms with Crippen molar-refractivity contribution in [2.75, 3.05) is 18.6 Å². The van der Waals surface area contributed by atoms with Crippen LogP contribution >= 0.6 is 11.3 Å². The predicted molar refractivity (Wildman–Crippen MR) is 132 cm³/mol. The number of hydrogen-bond acceptors (Lipinski definition) is 7. The second-order valence-corrected chi connectivity index (χ2v) is 9.35. The topological polar surface area (TPSA) is 81.9 Å². The predicted octanol–water partition coefficient (Wildman–Crippen LogP) is 5.41. The molecule has 1 amide bonds. The number of amides is 1. The lowest BCUT2D eigenvalue weighted by Gasteiger charge is -2.23. The van der Waals surface area contributed by atoms with Crippen molar-refractivity contribution in [1.82, 2.24) is 4.98 Å². The van der Waals surface area contributed by atoms with E-state index in [2.05, 4.69) is 4.98 Å². The summed E-state index contributed by atoms with van der Waals surface area (Å²) in [4.78, 5) is 34.6. The van der Waals surface area contributed by atoms with Gasteiger partial charge in [-0.3, -0.25) is 14.5 Å². The van der Waals surface area contributed by atoms with E-state index in [0.717, 1.165) is 22.6 Å². The first-order valence-corrected chi connectivity index (χ1v) is 11.9. The Kier molecular flexibility index (Phi) is 5.61. The van der Waals surface area contributed by atoms with Crippen LogP contribution in [0.3, 0.4) is 0 Å². The van der Waals surface area contributed by atoms with Crippen LogP contribution in [0, 0.1) is 13.8 Å². The highest BCUT2D eigenvalue weighted by molar-refractivity contribution is 7.15. The number of fused-ring (bicyclic) bond motifs is 2. The van der Waals surface area contributed by atoms with Crippen LogP contribution in [0.4, 0.5) is 5.13 Å². The molecule has 1 aliphatic rings. The van der Waals surface area contributed by atoms with Gasteiger partial charge in [-0.15, -0.1) is 11.3 Å². The molecule has 0 aliphatic carbocycles. The number of aryl methyl sites for hydroxylation is 2. The fourth-order valence-electron chi connectivity index (χ4n) is 4.14. The average molecular weight is 477 g/mol. The van der Waals surface area contributed by atoms with Gasteiger partial charge < -0.3 is 13.9 Å². The number of anilines is 1. The van der Waals surface area contributed by atoms with Gasteiger partial charge in [0, 0.05) is 10.9 Å². The molecule has 0 fully saturated rings. The summed E-state index contributed by atoms with van der Waals surface area (Å²) < 4.78 is 17.1. The fourth-order valence-corrected chi connectivity index (χ4v) is 5.08. The van der Waals surface area contributed by atoms with E-state index in [1.54, 1.807) is 23.1 Å². The largest absolute Gasteiger partial charge is 0.497 e. The van der Waals surface area contributed by atoms with Crippen molar-refractivity contribution in [3.63, 3.8) is 0 Å². The van der Waals surface area contributed by atoms with Gasteiger partial charge in [0.1, 0.15) is 17.1 Å². The summed E-state index contributed by atoms with van der Waals surface area (Å²) in [5, 5.41) is 0.918. The molecule has 5 rings (SSSR count). The van der Waals surface area contributed by atoms with Gasteiger partial charge in [-0.1, -0.05) is 19.1 Å². The van der Waals surface area contributed by atoms with Gasteiger partial charge in [0.15, 0.2) is 10.6 Å². The van der Waals surface area contributed by atoms with Crippen LogP contribution in [0.25, 0.3) is 11.0 Å². The number of nitrogens with zero attached hydrogens (tertiary/aromatic N) is 2. The monoisotopic (exact) mass is 476 g/mol. The molecule has 2 aromatic heterocycles. The molecule has 34 heavy (non-hydrogen) atoms. The fraction of sp³-hybridized carbons (Fsp3) is 0.269. The Balaban J connectivity index is 1.75. The lowest BCUT2D eigenvalue weighted by molar-refractivity contribution is 0.0971. The van der Waals surface area contributed by atoms with Crippen LogP contribution in [0.15, 0.2) is 51.7 Å². The Bertz CT molecular complexity index is 1450. The third kappa shape index (κ3) is 3.54. The Morgan fingerprint density at radius 3 is 2.65 bits per heavy atom. The number of methoxy groups -OCH3 is 1. The van der Waals surface area contributed by atoms with Crippen molar-refractivity contribution in [3.8, 4) is 11.5 Å². The maximum absolute atomic E-state index is 13.7. The van der Waals surface area contributed by atoms with Gasteiger partial charge in [0.25, 0.3) is 5.91 Å². The SMILES string of the molecule is CCCOc1cccc(C2c3c(oc4cc(OC)ccc4c3=O)C(=O)N2c2nc(C)c(C)s2)c1. The Hall–Kier alpha value is -3.65. The zero-order chi connectivity index (χ0) is 24.0. The van der Waals surface area contributed by atoms with E-state index in [0.29, 0.717) is 39.8 Å². The third-order valence-electron chi connectivity index (χ3n) is 5.95. The lowest BCUT2D eigenvalue weighted by atomic mass is 9.98. The highest BCUT2D eigenvalue weighted by atomic mass is 32.1.